The van der Waals surface area contributed by atoms with Gasteiger partial charge in [0.15, 0.2) is 5.69 Å². The molecule has 7 heteroatoms. The number of aromatic nitrogens is 2. The van der Waals surface area contributed by atoms with Gasteiger partial charge in [0.05, 0.1) is 11.4 Å². The Kier molecular flexibility index (Phi) is 6.35. The van der Waals surface area contributed by atoms with E-state index in [2.05, 4.69) is 22.5 Å². The Labute approximate surface area is 187 Å². The molecule has 1 aliphatic rings. The highest BCUT2D eigenvalue weighted by Crippen LogP contribution is 2.19. The van der Waals surface area contributed by atoms with E-state index in [0.29, 0.717) is 36.7 Å². The summed E-state index contributed by atoms with van der Waals surface area (Å²) in [6.45, 7) is 5.46. The van der Waals surface area contributed by atoms with Gasteiger partial charge in [-0.3, -0.25) is 14.4 Å². The molecule has 7 nitrogen and oxygen atoms in total. The Morgan fingerprint density at radius 3 is 2.47 bits per heavy atom. The van der Waals surface area contributed by atoms with E-state index in [0.717, 1.165) is 13.0 Å². The van der Waals surface area contributed by atoms with Gasteiger partial charge in [-0.2, -0.15) is 5.10 Å². The van der Waals surface area contributed by atoms with Crippen molar-refractivity contribution in [3.05, 3.63) is 75.7 Å². The van der Waals surface area contributed by atoms with Gasteiger partial charge in [-0.1, -0.05) is 42.5 Å². The second-order valence-electron chi connectivity index (χ2n) is 8.43. The average Bonchev–Trinajstić information content (AvgIpc) is 2.81. The van der Waals surface area contributed by atoms with Crippen LogP contribution < -0.4 is 10.9 Å². The molecule has 4 rings (SSSR count). The van der Waals surface area contributed by atoms with E-state index in [1.807, 2.05) is 30.9 Å². The van der Waals surface area contributed by atoms with E-state index < -0.39 is 0 Å². The fourth-order valence-corrected chi connectivity index (χ4v) is 4.12. The summed E-state index contributed by atoms with van der Waals surface area (Å²) in [6, 6.07) is 15.1. The fraction of sp³-hybridized carbons (Fsp3) is 0.360. The second kappa shape index (κ2) is 9.34. The predicted molar refractivity (Wildman–Crippen MR) is 124 cm³/mol. The van der Waals surface area contributed by atoms with Crippen LogP contribution in [0, 0.1) is 0 Å². The lowest BCUT2D eigenvalue weighted by Crippen LogP contribution is -2.36. The van der Waals surface area contributed by atoms with E-state index in [9.17, 15) is 14.4 Å². The van der Waals surface area contributed by atoms with Gasteiger partial charge in [0.2, 0.25) is 5.91 Å². The number of amides is 2. The molecule has 0 saturated heterocycles. The van der Waals surface area contributed by atoms with Crippen molar-refractivity contribution in [3.63, 3.8) is 0 Å². The monoisotopic (exact) mass is 432 g/mol. The van der Waals surface area contributed by atoms with Crippen molar-refractivity contribution in [1.29, 1.82) is 0 Å². The summed E-state index contributed by atoms with van der Waals surface area (Å²) in [5.41, 5.74) is 2.54. The number of rotatable bonds is 6. The van der Waals surface area contributed by atoms with Gasteiger partial charge in [0, 0.05) is 31.4 Å². The van der Waals surface area contributed by atoms with Gasteiger partial charge >= 0.3 is 0 Å². The summed E-state index contributed by atoms with van der Waals surface area (Å²) in [5.74, 6) is -0.236. The minimum absolute atomic E-state index is 0.102. The lowest BCUT2D eigenvalue weighted by molar-refractivity contribution is -0.132. The molecule has 32 heavy (non-hydrogen) atoms. The molecule has 2 aromatic carbocycles. The van der Waals surface area contributed by atoms with Gasteiger partial charge in [0.1, 0.15) is 0 Å². The number of nitrogens with zero attached hydrogens (tertiary/aromatic N) is 3. The molecule has 0 atom stereocenters. The first kappa shape index (κ1) is 21.7. The van der Waals surface area contributed by atoms with Gasteiger partial charge in [-0.15, -0.1) is 0 Å². The van der Waals surface area contributed by atoms with Crippen LogP contribution in [0.25, 0.3) is 10.8 Å². The molecule has 166 valence electrons. The third kappa shape index (κ3) is 4.42. The van der Waals surface area contributed by atoms with Crippen molar-refractivity contribution in [2.45, 2.75) is 45.7 Å². The first-order valence-electron chi connectivity index (χ1n) is 11.1. The van der Waals surface area contributed by atoms with Crippen molar-refractivity contribution in [2.24, 2.45) is 0 Å². The summed E-state index contributed by atoms with van der Waals surface area (Å²) in [7, 11) is 0. The minimum atomic E-state index is -0.338. The van der Waals surface area contributed by atoms with Crippen LogP contribution in [0.3, 0.4) is 0 Å². The van der Waals surface area contributed by atoms with Crippen LogP contribution in [0.1, 0.15) is 54.3 Å². The molecule has 0 spiro atoms. The Balaban J connectivity index is 1.37. The summed E-state index contributed by atoms with van der Waals surface area (Å²) >= 11 is 0. The van der Waals surface area contributed by atoms with Crippen molar-refractivity contribution >= 4 is 22.6 Å². The van der Waals surface area contributed by atoms with Crippen LogP contribution in [0.15, 0.2) is 53.3 Å². The molecule has 0 fully saturated rings. The SMILES string of the molecule is CC(C)n1nc(C(=O)NCCCC(=O)N2CCc3ccccc3C2)c2ccccc2c1=O. The molecule has 1 N–H and O–H groups in total. The highest BCUT2D eigenvalue weighted by Gasteiger charge is 2.21. The summed E-state index contributed by atoms with van der Waals surface area (Å²) in [6.07, 6.45) is 1.80. The predicted octanol–water partition coefficient (Wildman–Crippen LogP) is 3.07. The van der Waals surface area contributed by atoms with Gasteiger partial charge in [0.25, 0.3) is 11.5 Å². The third-order valence-corrected chi connectivity index (χ3v) is 5.87. The quantitative estimate of drug-likeness (QED) is 0.607. The van der Waals surface area contributed by atoms with Crippen LogP contribution in [-0.2, 0) is 17.8 Å². The minimum Gasteiger partial charge on any atom is -0.351 e. The maximum atomic E-state index is 12.8. The summed E-state index contributed by atoms with van der Waals surface area (Å²) < 4.78 is 1.34. The summed E-state index contributed by atoms with van der Waals surface area (Å²) in [5, 5.41) is 8.20. The molecule has 1 aliphatic heterocycles. The number of nitrogens with one attached hydrogen (secondary N) is 1. The molecule has 0 radical (unpaired) electrons. The lowest BCUT2D eigenvalue weighted by Gasteiger charge is -2.29. The van der Waals surface area contributed by atoms with Crippen LogP contribution in [-0.4, -0.2) is 39.6 Å². The van der Waals surface area contributed by atoms with E-state index in [1.54, 1.807) is 24.3 Å². The number of benzene rings is 2. The van der Waals surface area contributed by atoms with E-state index in [4.69, 9.17) is 0 Å². The van der Waals surface area contributed by atoms with Crippen LogP contribution in [0.5, 0.6) is 0 Å². The van der Waals surface area contributed by atoms with Crippen molar-refractivity contribution in [1.82, 2.24) is 20.0 Å². The maximum absolute atomic E-state index is 12.8. The Hall–Kier alpha value is -3.48. The molecule has 3 aromatic rings. The fourth-order valence-electron chi connectivity index (χ4n) is 4.12. The number of carbonyl (C=O) groups is 2. The average molecular weight is 433 g/mol. The van der Waals surface area contributed by atoms with Gasteiger partial charge < -0.3 is 10.2 Å². The zero-order valence-electron chi connectivity index (χ0n) is 18.5. The Bertz CT molecular complexity index is 1220. The maximum Gasteiger partial charge on any atom is 0.274 e. The third-order valence-electron chi connectivity index (χ3n) is 5.87. The Morgan fingerprint density at radius 2 is 1.72 bits per heavy atom. The van der Waals surface area contributed by atoms with Crippen molar-refractivity contribution in [2.75, 3.05) is 13.1 Å². The molecule has 2 amide bonds. The van der Waals surface area contributed by atoms with Crippen LogP contribution >= 0.6 is 0 Å². The number of carbonyl (C=O) groups excluding carboxylic acids is 2. The number of hydrogen-bond acceptors (Lipinski definition) is 4. The first-order chi connectivity index (χ1) is 15.5. The van der Waals surface area contributed by atoms with E-state index in [-0.39, 0.29) is 29.1 Å². The highest BCUT2D eigenvalue weighted by atomic mass is 16.2. The molecular formula is C25H28N4O3. The molecule has 0 bridgehead atoms. The van der Waals surface area contributed by atoms with E-state index >= 15 is 0 Å². The Morgan fingerprint density at radius 1 is 1.03 bits per heavy atom. The molecule has 1 aromatic heterocycles. The zero-order chi connectivity index (χ0) is 22.7. The topological polar surface area (TPSA) is 84.3 Å². The van der Waals surface area contributed by atoms with Crippen molar-refractivity contribution < 1.29 is 9.59 Å². The second-order valence-corrected chi connectivity index (χ2v) is 8.43. The molecule has 0 unspecified atom stereocenters. The largest absolute Gasteiger partial charge is 0.351 e. The number of hydrogen-bond donors (Lipinski definition) is 1. The normalized spacial score (nSPS) is 13.3. The van der Waals surface area contributed by atoms with E-state index in [1.165, 1.54) is 15.8 Å². The molecule has 0 aliphatic carbocycles. The standard InChI is InChI=1S/C25H28N4O3/c1-17(2)29-25(32)21-11-6-5-10-20(21)23(27-29)24(31)26-14-7-12-22(30)28-15-13-18-8-3-4-9-19(18)16-28/h3-6,8-11,17H,7,12-16H2,1-2H3,(H,26,31). The number of fused-ring (bicyclic) bond motifs is 2. The van der Waals surface area contributed by atoms with Gasteiger partial charge in [-0.05, 0) is 43.9 Å². The highest BCUT2D eigenvalue weighted by molar-refractivity contribution is 6.04. The lowest BCUT2D eigenvalue weighted by atomic mass is 9.99. The van der Waals surface area contributed by atoms with Crippen LogP contribution in [0.2, 0.25) is 0 Å². The van der Waals surface area contributed by atoms with Crippen molar-refractivity contribution in [3.8, 4) is 0 Å². The smallest absolute Gasteiger partial charge is 0.274 e. The summed E-state index contributed by atoms with van der Waals surface area (Å²) in [4.78, 5) is 40.0. The first-order valence-corrected chi connectivity index (χ1v) is 11.1. The van der Waals surface area contributed by atoms with Crippen LogP contribution in [0.4, 0.5) is 0 Å². The molecular weight excluding hydrogens is 404 g/mol. The molecule has 2 heterocycles. The zero-order valence-corrected chi connectivity index (χ0v) is 18.5. The molecule has 0 saturated carbocycles. The van der Waals surface area contributed by atoms with Gasteiger partial charge in [-0.25, -0.2) is 4.68 Å².